The summed E-state index contributed by atoms with van der Waals surface area (Å²) >= 11 is 0. The van der Waals surface area contributed by atoms with Gasteiger partial charge >= 0.3 is 10.2 Å². The lowest BCUT2D eigenvalue weighted by Crippen LogP contribution is -2.53. The second kappa shape index (κ2) is 12.2. The summed E-state index contributed by atoms with van der Waals surface area (Å²) < 4.78 is 28.9. The van der Waals surface area contributed by atoms with Gasteiger partial charge in [-0.05, 0) is 56.9 Å². The quantitative estimate of drug-likeness (QED) is 0.511. The fraction of sp³-hybridized carbons (Fsp3) is 0.462. The van der Waals surface area contributed by atoms with Crippen LogP contribution in [0.3, 0.4) is 0 Å². The molecule has 1 atom stereocenters. The lowest BCUT2D eigenvalue weighted by molar-refractivity contribution is -0.140. The first-order chi connectivity index (χ1) is 16.4. The van der Waals surface area contributed by atoms with Crippen LogP contribution in [0.2, 0.25) is 0 Å². The predicted octanol–water partition coefficient (Wildman–Crippen LogP) is 3.17. The number of carbonyl (C=O) groups excluding carboxylic acids is 2. The van der Waals surface area contributed by atoms with Crippen molar-refractivity contribution in [3.8, 4) is 0 Å². The summed E-state index contributed by atoms with van der Waals surface area (Å²) in [6, 6.07) is 12.5. The van der Waals surface area contributed by atoms with Crippen LogP contribution in [0.15, 0.2) is 42.5 Å². The van der Waals surface area contributed by atoms with Gasteiger partial charge in [-0.15, -0.1) is 0 Å². The zero-order chi connectivity index (χ0) is 26.3. The van der Waals surface area contributed by atoms with Crippen LogP contribution in [0, 0.1) is 20.8 Å². The Bertz CT molecular complexity index is 1130. The van der Waals surface area contributed by atoms with Crippen LogP contribution in [0.5, 0.6) is 0 Å². The average molecular weight is 503 g/mol. The Hall–Kier alpha value is -2.91. The molecule has 0 heterocycles. The molecule has 0 radical (unpaired) electrons. The summed E-state index contributed by atoms with van der Waals surface area (Å²) in [7, 11) is -1.11. The van der Waals surface area contributed by atoms with Crippen molar-refractivity contribution in [1.82, 2.24) is 14.5 Å². The van der Waals surface area contributed by atoms with E-state index in [1.54, 1.807) is 6.07 Å². The molecule has 0 saturated carbocycles. The van der Waals surface area contributed by atoms with Crippen molar-refractivity contribution in [2.45, 2.75) is 53.6 Å². The lowest BCUT2D eigenvalue weighted by Gasteiger charge is -2.34. The van der Waals surface area contributed by atoms with Crippen LogP contribution in [0.25, 0.3) is 0 Å². The highest BCUT2D eigenvalue weighted by Crippen LogP contribution is 2.26. The van der Waals surface area contributed by atoms with Gasteiger partial charge in [0, 0.05) is 27.2 Å². The summed E-state index contributed by atoms with van der Waals surface area (Å²) in [4.78, 5) is 28.2. The fourth-order valence-electron chi connectivity index (χ4n) is 3.79. The first-order valence-corrected chi connectivity index (χ1v) is 13.2. The average Bonchev–Trinajstić information content (AvgIpc) is 2.80. The predicted molar refractivity (Wildman–Crippen MR) is 140 cm³/mol. The Balaban J connectivity index is 2.54. The molecule has 0 aromatic heterocycles. The number of nitrogens with zero attached hydrogens (tertiary/aromatic N) is 3. The van der Waals surface area contributed by atoms with E-state index >= 15 is 0 Å². The summed E-state index contributed by atoms with van der Waals surface area (Å²) in [5.41, 5.74) is 3.99. The second-order valence-electron chi connectivity index (χ2n) is 8.91. The normalized spacial score (nSPS) is 12.3. The van der Waals surface area contributed by atoms with E-state index in [1.807, 2.05) is 71.0 Å². The number of hydrogen-bond donors (Lipinski definition) is 1. The van der Waals surface area contributed by atoms with Gasteiger partial charge in [0.25, 0.3) is 0 Å². The Kier molecular flexibility index (Phi) is 9.85. The van der Waals surface area contributed by atoms with Crippen LogP contribution >= 0.6 is 0 Å². The van der Waals surface area contributed by atoms with E-state index in [0.29, 0.717) is 18.7 Å². The summed E-state index contributed by atoms with van der Waals surface area (Å²) in [6.07, 6.45) is 0.396. The van der Waals surface area contributed by atoms with Gasteiger partial charge in [-0.1, -0.05) is 48.9 Å². The molecule has 0 aliphatic heterocycles. The fourth-order valence-corrected chi connectivity index (χ4v) is 4.90. The standard InChI is InChI=1S/C26H38N4O4S/c1-8-23(26(32)27-9-2)29(17-22-14-11-19(3)12-15-22)25(31)18-30(35(33,34)28(6)7)24-16-20(4)10-13-21(24)5/h10-16,23H,8-9,17-18H2,1-7H3,(H,27,32). The van der Waals surface area contributed by atoms with E-state index in [0.717, 1.165) is 30.9 Å². The molecule has 1 unspecified atom stereocenters. The van der Waals surface area contributed by atoms with Gasteiger partial charge in [-0.2, -0.15) is 12.7 Å². The molecule has 35 heavy (non-hydrogen) atoms. The van der Waals surface area contributed by atoms with Crippen LogP contribution in [-0.4, -0.2) is 62.7 Å². The van der Waals surface area contributed by atoms with Crippen molar-refractivity contribution >= 4 is 27.7 Å². The van der Waals surface area contributed by atoms with Crippen molar-refractivity contribution < 1.29 is 18.0 Å². The van der Waals surface area contributed by atoms with E-state index in [9.17, 15) is 18.0 Å². The van der Waals surface area contributed by atoms with E-state index in [-0.39, 0.29) is 12.5 Å². The molecular formula is C26H38N4O4S. The lowest BCUT2D eigenvalue weighted by atomic mass is 10.1. The van der Waals surface area contributed by atoms with E-state index in [4.69, 9.17) is 0 Å². The summed E-state index contributed by atoms with van der Waals surface area (Å²) in [6.45, 7) is 9.53. The maximum absolute atomic E-state index is 13.8. The first-order valence-electron chi connectivity index (χ1n) is 11.8. The van der Waals surface area contributed by atoms with Gasteiger partial charge in [-0.25, -0.2) is 4.31 Å². The summed E-state index contributed by atoms with van der Waals surface area (Å²) in [5.74, 6) is -0.709. The monoisotopic (exact) mass is 502 g/mol. The van der Waals surface area contributed by atoms with Crippen LogP contribution in [-0.2, 0) is 26.3 Å². The Morgan fingerprint density at radius 1 is 0.943 bits per heavy atom. The Labute approximate surface area is 210 Å². The van der Waals surface area contributed by atoms with Crippen molar-refractivity contribution in [2.24, 2.45) is 0 Å². The molecule has 8 nitrogen and oxygen atoms in total. The largest absolute Gasteiger partial charge is 0.355 e. The van der Waals surface area contributed by atoms with Gasteiger partial charge in [0.15, 0.2) is 0 Å². The number of nitrogens with one attached hydrogen (secondary N) is 1. The molecular weight excluding hydrogens is 464 g/mol. The first kappa shape index (κ1) is 28.3. The van der Waals surface area contributed by atoms with E-state index in [1.165, 1.54) is 19.0 Å². The molecule has 2 aromatic carbocycles. The molecule has 2 rings (SSSR count). The minimum absolute atomic E-state index is 0.192. The molecule has 0 bridgehead atoms. The smallest absolute Gasteiger partial charge is 0.304 e. The van der Waals surface area contributed by atoms with E-state index in [2.05, 4.69) is 5.32 Å². The molecule has 1 N–H and O–H groups in total. The number of amides is 2. The highest BCUT2D eigenvalue weighted by atomic mass is 32.2. The topological polar surface area (TPSA) is 90.0 Å². The SMILES string of the molecule is CCNC(=O)C(CC)N(Cc1ccc(C)cc1)C(=O)CN(c1cc(C)ccc1C)S(=O)(=O)N(C)C. The Morgan fingerprint density at radius 3 is 2.09 bits per heavy atom. The molecule has 0 fully saturated rings. The van der Waals surface area contributed by atoms with Crippen LogP contribution in [0.1, 0.15) is 42.5 Å². The van der Waals surface area contributed by atoms with Crippen molar-refractivity contribution in [3.63, 3.8) is 0 Å². The van der Waals surface area contributed by atoms with Gasteiger partial charge in [0.1, 0.15) is 12.6 Å². The maximum Gasteiger partial charge on any atom is 0.304 e. The zero-order valence-corrected chi connectivity index (χ0v) is 22.6. The number of carbonyl (C=O) groups is 2. The van der Waals surface area contributed by atoms with Gasteiger partial charge in [0.05, 0.1) is 5.69 Å². The van der Waals surface area contributed by atoms with Crippen molar-refractivity contribution in [3.05, 3.63) is 64.7 Å². The van der Waals surface area contributed by atoms with Crippen LogP contribution < -0.4 is 9.62 Å². The highest BCUT2D eigenvalue weighted by Gasteiger charge is 2.34. The molecule has 0 saturated heterocycles. The molecule has 0 aliphatic carbocycles. The highest BCUT2D eigenvalue weighted by molar-refractivity contribution is 7.90. The van der Waals surface area contributed by atoms with Gasteiger partial charge < -0.3 is 10.2 Å². The molecule has 2 amide bonds. The Morgan fingerprint density at radius 2 is 1.54 bits per heavy atom. The molecule has 9 heteroatoms. The third-order valence-corrected chi connectivity index (χ3v) is 7.67. The molecule has 0 spiro atoms. The number of hydrogen-bond acceptors (Lipinski definition) is 4. The number of rotatable bonds is 11. The molecule has 2 aromatic rings. The number of likely N-dealkylation sites (N-methyl/N-ethyl adjacent to an activating group) is 1. The third kappa shape index (κ3) is 7.05. The second-order valence-corrected chi connectivity index (χ2v) is 11.0. The number of aryl methyl sites for hydroxylation is 3. The minimum Gasteiger partial charge on any atom is -0.355 e. The number of benzene rings is 2. The van der Waals surface area contributed by atoms with Gasteiger partial charge in [0.2, 0.25) is 11.8 Å². The maximum atomic E-state index is 13.8. The van der Waals surface area contributed by atoms with E-state index < -0.39 is 28.7 Å². The number of anilines is 1. The van der Waals surface area contributed by atoms with Crippen molar-refractivity contribution in [2.75, 3.05) is 31.5 Å². The van der Waals surface area contributed by atoms with Crippen molar-refractivity contribution in [1.29, 1.82) is 0 Å². The third-order valence-electron chi connectivity index (χ3n) is 5.86. The summed E-state index contributed by atoms with van der Waals surface area (Å²) in [5, 5.41) is 2.80. The minimum atomic E-state index is -3.98. The van der Waals surface area contributed by atoms with Crippen LogP contribution in [0.4, 0.5) is 5.69 Å². The zero-order valence-electron chi connectivity index (χ0n) is 21.8. The molecule has 0 aliphatic rings. The van der Waals surface area contributed by atoms with Gasteiger partial charge in [-0.3, -0.25) is 9.59 Å². The molecule has 192 valence electrons.